The molecule has 0 aliphatic carbocycles. The molecule has 1 atom stereocenters. The molecule has 0 saturated heterocycles. The number of ether oxygens (including phenoxy) is 3. The molecule has 8 nitrogen and oxygen atoms in total. The van der Waals surface area contributed by atoms with Gasteiger partial charge in [-0.2, -0.15) is 0 Å². The van der Waals surface area contributed by atoms with Gasteiger partial charge < -0.3 is 18.9 Å². The molecule has 42 heavy (non-hydrogen) atoms. The third-order valence-electron chi connectivity index (χ3n) is 8.35. The van der Waals surface area contributed by atoms with Gasteiger partial charge in [0.2, 0.25) is 0 Å². The molecule has 0 aliphatic rings. The van der Waals surface area contributed by atoms with Crippen LogP contribution in [0.1, 0.15) is 99.9 Å². The van der Waals surface area contributed by atoms with Crippen LogP contribution in [0.5, 0.6) is 5.75 Å². The molecule has 0 spiro atoms. The number of carbonyl (C=O) groups excluding carboxylic acids is 2. The Bertz CT molecular complexity index is 1230. The summed E-state index contributed by atoms with van der Waals surface area (Å²) in [5.74, 6) is -0.0963. The fourth-order valence-electron chi connectivity index (χ4n) is 4.76. The summed E-state index contributed by atoms with van der Waals surface area (Å²) in [5, 5.41) is 1.35. The Kier molecular flexibility index (Phi) is 11.9. The maximum atomic E-state index is 14.3. The number of benzene rings is 2. The summed E-state index contributed by atoms with van der Waals surface area (Å²) in [6, 6.07) is 10.4. The second-order valence-corrected chi connectivity index (χ2v) is 13.3. The molecule has 2 rings (SSSR count). The van der Waals surface area contributed by atoms with Crippen molar-refractivity contribution in [3.63, 3.8) is 0 Å². The molecule has 0 heterocycles. The van der Waals surface area contributed by atoms with Crippen LogP contribution in [0.3, 0.4) is 0 Å². The summed E-state index contributed by atoms with van der Waals surface area (Å²) in [6.45, 7) is 18.4. The first-order chi connectivity index (χ1) is 19.4. The van der Waals surface area contributed by atoms with Crippen molar-refractivity contribution < 1.29 is 28.5 Å². The van der Waals surface area contributed by atoms with Crippen LogP contribution in [0.15, 0.2) is 36.4 Å². The standard InChI is InChI=1S/C32H50B2N2O6/c1-13-26(30(3,4)5)36(35-27(37)22-15-14-16-25(39-10)20(22)2)28(38)21-17-18-23(29(40-11)41-12)24(19-21)34-42-32(8,9)31(6,7)33/h14-19,26,29,34H,13,33H2,1-12H3,(H,35,37)/t26-/m1/s1. The molecule has 0 aliphatic heterocycles. The van der Waals surface area contributed by atoms with Gasteiger partial charge in [0.1, 0.15) is 13.6 Å². The van der Waals surface area contributed by atoms with E-state index in [0.717, 1.165) is 11.0 Å². The molecular weight excluding hydrogens is 530 g/mol. The zero-order valence-electron chi connectivity index (χ0n) is 27.9. The zero-order valence-corrected chi connectivity index (χ0v) is 27.9. The minimum Gasteiger partial charge on any atom is -0.496 e. The van der Waals surface area contributed by atoms with Crippen LogP contribution in [0.4, 0.5) is 0 Å². The van der Waals surface area contributed by atoms with Gasteiger partial charge in [0.05, 0.1) is 13.2 Å². The van der Waals surface area contributed by atoms with Crippen LogP contribution in [0, 0.1) is 12.3 Å². The summed E-state index contributed by atoms with van der Waals surface area (Å²) in [6.07, 6.45) is 0.00544. The van der Waals surface area contributed by atoms with Gasteiger partial charge in [0.25, 0.3) is 11.8 Å². The maximum absolute atomic E-state index is 14.3. The van der Waals surface area contributed by atoms with E-state index < -0.39 is 11.9 Å². The van der Waals surface area contributed by atoms with Crippen LogP contribution >= 0.6 is 0 Å². The van der Waals surface area contributed by atoms with E-state index in [-0.39, 0.29) is 36.1 Å². The molecule has 2 amide bonds. The number of methoxy groups -OCH3 is 3. The van der Waals surface area contributed by atoms with Gasteiger partial charge in [0, 0.05) is 42.1 Å². The van der Waals surface area contributed by atoms with Gasteiger partial charge in [-0.1, -0.05) is 59.7 Å². The molecule has 230 valence electrons. The van der Waals surface area contributed by atoms with E-state index in [0.29, 0.717) is 28.9 Å². The van der Waals surface area contributed by atoms with Gasteiger partial charge in [-0.3, -0.25) is 15.0 Å². The Morgan fingerprint density at radius 3 is 2.12 bits per heavy atom. The Labute approximate surface area is 254 Å². The normalized spacial score (nSPS) is 13.1. The largest absolute Gasteiger partial charge is 0.496 e. The number of hydrazine groups is 1. The van der Waals surface area contributed by atoms with Gasteiger partial charge in [-0.15, -0.1) is 0 Å². The number of hydrogen-bond donors (Lipinski definition) is 1. The monoisotopic (exact) mass is 580 g/mol. The molecule has 0 unspecified atom stereocenters. The minimum atomic E-state index is -0.629. The van der Waals surface area contributed by atoms with Crippen LogP contribution in [0.2, 0.25) is 5.31 Å². The number of nitrogens with zero attached hydrogens (tertiary/aromatic N) is 1. The number of hydrogen-bond acceptors (Lipinski definition) is 6. The summed E-state index contributed by atoms with van der Waals surface area (Å²) in [4.78, 5) is 27.9. The highest BCUT2D eigenvalue weighted by Gasteiger charge is 2.36. The van der Waals surface area contributed by atoms with Crippen molar-refractivity contribution in [2.45, 2.75) is 92.0 Å². The summed E-state index contributed by atoms with van der Waals surface area (Å²) >= 11 is 0. The van der Waals surface area contributed by atoms with E-state index in [1.165, 1.54) is 5.01 Å². The Morgan fingerprint density at radius 1 is 1.00 bits per heavy atom. The lowest BCUT2D eigenvalue weighted by Gasteiger charge is -2.40. The van der Waals surface area contributed by atoms with Crippen LogP contribution < -0.4 is 15.6 Å². The SMILES string of the molecule is BC(C)(C)C(C)(C)OBc1cc(C(=O)N(NC(=O)c2cccc(OC)c2C)[C@H](CC)C(C)(C)C)ccc1C(OC)OC. The van der Waals surface area contributed by atoms with E-state index in [9.17, 15) is 9.59 Å². The lowest BCUT2D eigenvalue weighted by atomic mass is 9.61. The maximum Gasteiger partial charge on any atom is 0.309 e. The third kappa shape index (κ3) is 8.17. The highest BCUT2D eigenvalue weighted by atomic mass is 16.7. The predicted octanol–water partition coefficient (Wildman–Crippen LogP) is 4.51. The van der Waals surface area contributed by atoms with Crippen LogP contribution in [0.25, 0.3) is 0 Å². The number of rotatable bonds is 12. The number of amides is 2. The summed E-state index contributed by atoms with van der Waals surface area (Å²) < 4.78 is 23.0. The van der Waals surface area contributed by atoms with E-state index >= 15 is 0 Å². The van der Waals surface area contributed by atoms with E-state index in [1.807, 2.05) is 26.0 Å². The second kappa shape index (κ2) is 14.1. The molecule has 2 aromatic carbocycles. The van der Waals surface area contributed by atoms with E-state index in [2.05, 4.69) is 61.7 Å². The zero-order chi connectivity index (χ0) is 32.0. The first-order valence-electron chi connectivity index (χ1n) is 14.5. The van der Waals surface area contributed by atoms with Crippen LogP contribution in [-0.2, 0) is 14.1 Å². The smallest absolute Gasteiger partial charge is 0.309 e. The lowest BCUT2D eigenvalue weighted by molar-refractivity contribution is -0.105. The van der Waals surface area contributed by atoms with Crippen molar-refractivity contribution in [1.29, 1.82) is 0 Å². The van der Waals surface area contributed by atoms with E-state index in [1.54, 1.807) is 45.6 Å². The fourth-order valence-corrected chi connectivity index (χ4v) is 4.76. The van der Waals surface area contributed by atoms with Gasteiger partial charge >= 0.3 is 7.48 Å². The van der Waals surface area contributed by atoms with Gasteiger partial charge in [-0.25, -0.2) is 5.01 Å². The second-order valence-electron chi connectivity index (χ2n) is 13.3. The van der Waals surface area contributed by atoms with Crippen molar-refractivity contribution >= 4 is 32.6 Å². The molecule has 2 aromatic rings. The first kappa shape index (κ1) is 35.4. The van der Waals surface area contributed by atoms with Crippen molar-refractivity contribution in [2.24, 2.45) is 5.41 Å². The minimum absolute atomic E-state index is 0.122. The molecule has 10 heteroatoms. The van der Waals surface area contributed by atoms with Crippen LogP contribution in [-0.4, -0.2) is 65.1 Å². The Balaban J connectivity index is 2.60. The lowest BCUT2D eigenvalue weighted by Crippen LogP contribution is -2.56. The predicted molar refractivity (Wildman–Crippen MR) is 173 cm³/mol. The van der Waals surface area contributed by atoms with Gasteiger partial charge in [-0.05, 0) is 61.6 Å². The highest BCUT2D eigenvalue weighted by molar-refractivity contribution is 6.48. The molecule has 0 aromatic heterocycles. The quantitative estimate of drug-likeness (QED) is 0.226. The Morgan fingerprint density at radius 2 is 1.62 bits per heavy atom. The summed E-state index contributed by atoms with van der Waals surface area (Å²) in [7, 11) is 7.09. The molecular formula is C32H50B2N2O6. The highest BCUT2D eigenvalue weighted by Crippen LogP contribution is 2.36. The molecule has 0 fully saturated rings. The molecule has 0 saturated carbocycles. The first-order valence-corrected chi connectivity index (χ1v) is 14.5. The average Bonchev–Trinajstić information content (AvgIpc) is 2.91. The number of nitrogens with one attached hydrogen (secondary N) is 1. The fraction of sp³-hybridized carbons (Fsp3) is 0.562. The average molecular weight is 580 g/mol. The molecule has 0 radical (unpaired) electrons. The molecule has 0 bridgehead atoms. The molecule has 1 N–H and O–H groups in total. The van der Waals surface area contributed by atoms with Crippen molar-refractivity contribution in [2.75, 3.05) is 21.3 Å². The topological polar surface area (TPSA) is 86.3 Å². The summed E-state index contributed by atoms with van der Waals surface area (Å²) in [5.41, 5.74) is 5.27. The van der Waals surface area contributed by atoms with Crippen molar-refractivity contribution in [3.05, 3.63) is 58.7 Å². The Hall–Kier alpha value is -2.81. The number of carbonyl (C=O) groups is 2. The van der Waals surface area contributed by atoms with Crippen molar-refractivity contribution in [3.8, 4) is 5.75 Å². The third-order valence-corrected chi connectivity index (χ3v) is 8.35. The van der Waals surface area contributed by atoms with Gasteiger partial charge in [0.15, 0.2) is 6.29 Å². The van der Waals surface area contributed by atoms with E-state index in [4.69, 9.17) is 18.9 Å². The van der Waals surface area contributed by atoms with Crippen molar-refractivity contribution in [1.82, 2.24) is 10.4 Å².